The van der Waals surface area contributed by atoms with E-state index in [9.17, 15) is 4.79 Å². The third-order valence-corrected chi connectivity index (χ3v) is 3.17. The van der Waals surface area contributed by atoms with Crippen LogP contribution >= 0.6 is 0 Å². The van der Waals surface area contributed by atoms with Crippen molar-refractivity contribution in [3.8, 4) is 0 Å². The van der Waals surface area contributed by atoms with Crippen molar-refractivity contribution in [2.75, 3.05) is 31.6 Å². The summed E-state index contributed by atoms with van der Waals surface area (Å²) >= 11 is 0. The Labute approximate surface area is 121 Å². The van der Waals surface area contributed by atoms with Crippen LogP contribution in [0.4, 0.5) is 5.69 Å². The molecule has 112 valence electrons. The lowest BCUT2D eigenvalue weighted by atomic mass is 9.93. The average molecular weight is 279 g/mol. The van der Waals surface area contributed by atoms with Gasteiger partial charge in [0.25, 0.3) is 0 Å². The molecular weight excluding hydrogens is 254 g/mol. The van der Waals surface area contributed by atoms with Crippen LogP contribution in [0.2, 0.25) is 0 Å². The van der Waals surface area contributed by atoms with Gasteiger partial charge in [-0.1, -0.05) is 20.8 Å². The van der Waals surface area contributed by atoms with Gasteiger partial charge >= 0.3 is 5.97 Å². The van der Waals surface area contributed by atoms with E-state index in [-0.39, 0.29) is 5.41 Å². The largest absolute Gasteiger partial charge is 0.464 e. The van der Waals surface area contributed by atoms with E-state index in [1.807, 2.05) is 6.07 Å². The average Bonchev–Trinajstić information content (AvgIpc) is 2.46. The Bertz CT molecular complexity index is 446. The number of nitrogens with zero attached hydrogens (tertiary/aromatic N) is 2. The molecule has 0 atom stereocenters. The van der Waals surface area contributed by atoms with Gasteiger partial charge < -0.3 is 15.4 Å². The topological polar surface area (TPSA) is 68.5 Å². The van der Waals surface area contributed by atoms with Crippen LogP contribution in [0.1, 0.15) is 37.7 Å². The summed E-state index contributed by atoms with van der Waals surface area (Å²) in [5.41, 5.74) is 7.14. The summed E-state index contributed by atoms with van der Waals surface area (Å²) in [5, 5.41) is 0. The molecule has 1 heterocycles. The Morgan fingerprint density at radius 3 is 2.75 bits per heavy atom. The molecule has 0 saturated carbocycles. The SMILES string of the molecule is CCCN(CC(C)(C)CN)c1ccnc(C(=O)OC)c1. The zero-order valence-corrected chi connectivity index (χ0v) is 12.8. The van der Waals surface area contributed by atoms with Gasteiger partial charge in [0.1, 0.15) is 5.69 Å². The molecule has 1 aromatic rings. The number of carbonyl (C=O) groups excluding carboxylic acids is 1. The number of anilines is 1. The molecule has 2 N–H and O–H groups in total. The number of pyridine rings is 1. The van der Waals surface area contributed by atoms with E-state index >= 15 is 0 Å². The van der Waals surface area contributed by atoms with Gasteiger partial charge in [0, 0.05) is 25.0 Å². The zero-order valence-electron chi connectivity index (χ0n) is 12.8. The summed E-state index contributed by atoms with van der Waals surface area (Å²) in [4.78, 5) is 17.8. The third kappa shape index (κ3) is 4.49. The number of rotatable bonds is 7. The number of ether oxygens (including phenoxy) is 1. The second kappa shape index (κ2) is 7.24. The minimum atomic E-state index is -0.415. The third-order valence-electron chi connectivity index (χ3n) is 3.17. The summed E-state index contributed by atoms with van der Waals surface area (Å²) in [5.74, 6) is -0.415. The van der Waals surface area contributed by atoms with Crippen LogP contribution in [0.15, 0.2) is 18.3 Å². The maximum absolute atomic E-state index is 11.6. The summed E-state index contributed by atoms with van der Waals surface area (Å²) in [6.45, 7) is 8.76. The van der Waals surface area contributed by atoms with Crippen LogP contribution in [0.5, 0.6) is 0 Å². The molecule has 1 rings (SSSR count). The van der Waals surface area contributed by atoms with Gasteiger partial charge in [0.05, 0.1) is 7.11 Å². The van der Waals surface area contributed by atoms with E-state index in [1.165, 1.54) is 7.11 Å². The Hall–Kier alpha value is -1.62. The first-order valence-electron chi connectivity index (χ1n) is 6.93. The molecule has 0 aromatic carbocycles. The predicted molar refractivity (Wildman–Crippen MR) is 80.9 cm³/mol. The van der Waals surface area contributed by atoms with E-state index in [4.69, 9.17) is 10.5 Å². The van der Waals surface area contributed by atoms with Crippen LogP contribution in [-0.4, -0.2) is 37.7 Å². The first kappa shape index (κ1) is 16.4. The van der Waals surface area contributed by atoms with Crippen molar-refractivity contribution >= 4 is 11.7 Å². The van der Waals surface area contributed by atoms with E-state index < -0.39 is 5.97 Å². The molecule has 0 aliphatic heterocycles. The Morgan fingerprint density at radius 2 is 2.20 bits per heavy atom. The number of hydrogen-bond donors (Lipinski definition) is 1. The van der Waals surface area contributed by atoms with Crippen LogP contribution in [-0.2, 0) is 4.74 Å². The van der Waals surface area contributed by atoms with Crippen molar-refractivity contribution in [2.24, 2.45) is 11.1 Å². The van der Waals surface area contributed by atoms with E-state index in [2.05, 4.69) is 30.7 Å². The molecule has 0 aliphatic rings. The smallest absolute Gasteiger partial charge is 0.356 e. The number of aromatic nitrogens is 1. The fraction of sp³-hybridized carbons (Fsp3) is 0.600. The van der Waals surface area contributed by atoms with Crippen LogP contribution in [0.3, 0.4) is 0 Å². The van der Waals surface area contributed by atoms with Crippen LogP contribution < -0.4 is 10.6 Å². The molecule has 20 heavy (non-hydrogen) atoms. The van der Waals surface area contributed by atoms with Gasteiger partial charge in [-0.05, 0) is 30.5 Å². The number of hydrogen-bond acceptors (Lipinski definition) is 5. The molecule has 0 aliphatic carbocycles. The number of methoxy groups -OCH3 is 1. The first-order chi connectivity index (χ1) is 9.43. The quantitative estimate of drug-likeness (QED) is 0.774. The van der Waals surface area contributed by atoms with Crippen LogP contribution in [0.25, 0.3) is 0 Å². The van der Waals surface area contributed by atoms with Crippen molar-refractivity contribution in [1.82, 2.24) is 4.98 Å². The molecule has 5 nitrogen and oxygen atoms in total. The van der Waals surface area contributed by atoms with E-state index in [1.54, 1.807) is 12.3 Å². The fourth-order valence-corrected chi connectivity index (χ4v) is 1.98. The van der Waals surface area contributed by atoms with E-state index in [0.717, 1.165) is 25.2 Å². The van der Waals surface area contributed by atoms with Crippen molar-refractivity contribution < 1.29 is 9.53 Å². The summed E-state index contributed by atoms with van der Waals surface area (Å²) in [6, 6.07) is 3.68. The highest BCUT2D eigenvalue weighted by molar-refractivity contribution is 5.88. The molecule has 1 aromatic heterocycles. The van der Waals surface area contributed by atoms with Crippen molar-refractivity contribution in [3.63, 3.8) is 0 Å². The molecule has 5 heteroatoms. The van der Waals surface area contributed by atoms with Crippen molar-refractivity contribution in [2.45, 2.75) is 27.2 Å². The van der Waals surface area contributed by atoms with E-state index in [0.29, 0.717) is 12.2 Å². The molecule has 0 fully saturated rings. The molecule has 0 saturated heterocycles. The number of carbonyl (C=O) groups is 1. The maximum Gasteiger partial charge on any atom is 0.356 e. The van der Waals surface area contributed by atoms with Gasteiger partial charge in [-0.3, -0.25) is 0 Å². The normalized spacial score (nSPS) is 11.2. The van der Waals surface area contributed by atoms with Crippen molar-refractivity contribution in [1.29, 1.82) is 0 Å². The second-order valence-corrected chi connectivity index (χ2v) is 5.68. The van der Waals surface area contributed by atoms with Gasteiger partial charge in [-0.25, -0.2) is 9.78 Å². The fourth-order valence-electron chi connectivity index (χ4n) is 1.98. The summed E-state index contributed by atoms with van der Waals surface area (Å²) < 4.78 is 4.71. The van der Waals surface area contributed by atoms with Crippen molar-refractivity contribution in [3.05, 3.63) is 24.0 Å². The molecule has 0 radical (unpaired) electrons. The first-order valence-corrected chi connectivity index (χ1v) is 6.93. The highest BCUT2D eigenvalue weighted by Crippen LogP contribution is 2.22. The number of nitrogens with two attached hydrogens (primary N) is 1. The Kier molecular flexibility index (Phi) is 5.95. The predicted octanol–water partition coefficient (Wildman–Crippen LogP) is 2.07. The summed E-state index contributed by atoms with van der Waals surface area (Å²) in [6.07, 6.45) is 2.66. The molecule has 0 unspecified atom stereocenters. The molecule has 0 amide bonds. The maximum atomic E-state index is 11.6. The van der Waals surface area contributed by atoms with Crippen LogP contribution in [0, 0.1) is 5.41 Å². The lowest BCUT2D eigenvalue weighted by molar-refractivity contribution is 0.0594. The standard InChI is InChI=1S/C15H25N3O2/c1-5-8-18(11-15(2,3)10-16)12-6-7-17-13(9-12)14(19)20-4/h6-7,9H,5,8,10-11,16H2,1-4H3. The lowest BCUT2D eigenvalue weighted by Crippen LogP contribution is -2.39. The van der Waals surface area contributed by atoms with Gasteiger partial charge in [-0.2, -0.15) is 0 Å². The second-order valence-electron chi connectivity index (χ2n) is 5.68. The summed E-state index contributed by atoms with van der Waals surface area (Å²) in [7, 11) is 1.36. The number of esters is 1. The minimum absolute atomic E-state index is 0.0177. The minimum Gasteiger partial charge on any atom is -0.464 e. The zero-order chi connectivity index (χ0) is 15.2. The monoisotopic (exact) mass is 279 g/mol. The van der Waals surface area contributed by atoms with Gasteiger partial charge in [-0.15, -0.1) is 0 Å². The highest BCUT2D eigenvalue weighted by Gasteiger charge is 2.21. The highest BCUT2D eigenvalue weighted by atomic mass is 16.5. The molecule has 0 bridgehead atoms. The lowest BCUT2D eigenvalue weighted by Gasteiger charge is -2.33. The molecule has 0 spiro atoms. The Balaban J connectivity index is 2.99. The Morgan fingerprint density at radius 1 is 1.50 bits per heavy atom. The van der Waals surface area contributed by atoms with Gasteiger partial charge in [0.2, 0.25) is 0 Å². The molecular formula is C15H25N3O2. The van der Waals surface area contributed by atoms with Gasteiger partial charge in [0.15, 0.2) is 0 Å².